The second-order valence-electron chi connectivity index (χ2n) is 8.09. The van der Waals surface area contributed by atoms with Crippen molar-refractivity contribution < 1.29 is 8.42 Å². The van der Waals surface area contributed by atoms with E-state index in [1.54, 1.807) is 46.5 Å². The van der Waals surface area contributed by atoms with Crippen LogP contribution in [0.2, 0.25) is 0 Å². The Kier molecular flexibility index (Phi) is 7.26. The minimum atomic E-state index is -3.52. The van der Waals surface area contributed by atoms with Crippen LogP contribution in [0.1, 0.15) is 12.5 Å². The smallest absolute Gasteiger partial charge is 0.240 e. The third kappa shape index (κ3) is 5.47. The van der Waals surface area contributed by atoms with E-state index in [9.17, 15) is 8.42 Å². The summed E-state index contributed by atoms with van der Waals surface area (Å²) in [4.78, 5) is 9.72. The first-order valence-electron chi connectivity index (χ1n) is 11.6. The van der Waals surface area contributed by atoms with Gasteiger partial charge in [0.15, 0.2) is 11.6 Å². The summed E-state index contributed by atoms with van der Waals surface area (Å²) in [5, 5.41) is 16.2. The molecule has 0 spiro atoms. The SMILES string of the molecule is CNS(=O)(=O)c1ccc(C(C)=NNc2nc(Nc3ccccc3)nc(-n3cccn3)c2-c2ccsc2)cc1. The lowest BCUT2D eigenvalue weighted by molar-refractivity contribution is 0.588. The molecule has 0 saturated carbocycles. The molecule has 3 aromatic heterocycles. The van der Waals surface area contributed by atoms with Gasteiger partial charge < -0.3 is 5.32 Å². The highest BCUT2D eigenvalue weighted by atomic mass is 32.2. The number of hydrazone groups is 1. The summed E-state index contributed by atoms with van der Waals surface area (Å²) in [5.41, 5.74) is 7.01. The van der Waals surface area contributed by atoms with E-state index >= 15 is 0 Å². The summed E-state index contributed by atoms with van der Waals surface area (Å²) in [6, 6.07) is 20.0. The van der Waals surface area contributed by atoms with Crippen LogP contribution in [0.15, 0.2) is 99.9 Å². The van der Waals surface area contributed by atoms with Gasteiger partial charge in [-0.1, -0.05) is 30.3 Å². The van der Waals surface area contributed by atoms with Gasteiger partial charge in [-0.05, 0) is 72.3 Å². The average molecular weight is 545 g/mol. The lowest BCUT2D eigenvalue weighted by Crippen LogP contribution is -2.18. The Bertz CT molecular complexity index is 1650. The fourth-order valence-electron chi connectivity index (χ4n) is 3.66. The molecule has 0 unspecified atom stereocenters. The van der Waals surface area contributed by atoms with Crippen LogP contribution in [-0.2, 0) is 10.0 Å². The van der Waals surface area contributed by atoms with Crippen LogP contribution in [0.4, 0.5) is 17.5 Å². The predicted octanol–water partition coefficient (Wildman–Crippen LogP) is 4.88. The number of sulfonamides is 1. The molecule has 0 radical (unpaired) electrons. The second kappa shape index (κ2) is 10.9. The summed E-state index contributed by atoms with van der Waals surface area (Å²) < 4.78 is 28.1. The highest BCUT2D eigenvalue weighted by molar-refractivity contribution is 7.89. The Hall–Kier alpha value is -4.39. The number of hydrogen-bond donors (Lipinski definition) is 3. The Balaban J connectivity index is 1.56. The number of aromatic nitrogens is 4. The molecule has 3 N–H and O–H groups in total. The van der Waals surface area contributed by atoms with Crippen molar-refractivity contribution in [1.82, 2.24) is 24.5 Å². The zero-order valence-corrected chi connectivity index (χ0v) is 22.2. The molecule has 38 heavy (non-hydrogen) atoms. The summed E-state index contributed by atoms with van der Waals surface area (Å²) in [6.45, 7) is 1.83. The van der Waals surface area contributed by atoms with Gasteiger partial charge >= 0.3 is 0 Å². The number of nitrogens with zero attached hydrogens (tertiary/aromatic N) is 5. The first-order valence-corrected chi connectivity index (χ1v) is 14.0. The molecule has 192 valence electrons. The van der Waals surface area contributed by atoms with Crippen molar-refractivity contribution in [3.8, 4) is 16.9 Å². The summed E-state index contributed by atoms with van der Waals surface area (Å²) in [6.07, 6.45) is 3.51. The zero-order chi connectivity index (χ0) is 26.5. The normalized spacial score (nSPS) is 11.9. The molecule has 0 amide bonds. The maximum Gasteiger partial charge on any atom is 0.240 e. The maximum absolute atomic E-state index is 12.1. The fourth-order valence-corrected chi connectivity index (χ4v) is 5.04. The third-order valence-electron chi connectivity index (χ3n) is 5.63. The molecule has 12 heteroatoms. The van der Waals surface area contributed by atoms with Gasteiger partial charge in [-0.15, -0.1) is 0 Å². The van der Waals surface area contributed by atoms with E-state index in [0.717, 1.165) is 22.4 Å². The first-order chi connectivity index (χ1) is 18.4. The molecule has 0 saturated heterocycles. The Morgan fingerprint density at radius 2 is 1.79 bits per heavy atom. The molecule has 0 atom stereocenters. The van der Waals surface area contributed by atoms with Gasteiger partial charge in [0.05, 0.1) is 16.2 Å². The Morgan fingerprint density at radius 3 is 2.45 bits per heavy atom. The number of rotatable bonds is 9. The van der Waals surface area contributed by atoms with E-state index in [0.29, 0.717) is 23.3 Å². The number of thiophene rings is 1. The standard InChI is InChI=1S/C26H24N8O2S2/c1-18(19-9-11-22(12-10-19)38(35,36)27-2)32-33-24-23(20-13-16-37-17-20)25(34-15-6-14-28-34)31-26(30-24)29-21-7-4-3-5-8-21/h3-17,27H,1-2H3,(H2,29,30,31,33). The zero-order valence-electron chi connectivity index (χ0n) is 20.5. The second-order valence-corrected chi connectivity index (χ2v) is 10.8. The summed E-state index contributed by atoms with van der Waals surface area (Å²) in [7, 11) is -2.14. The van der Waals surface area contributed by atoms with Crippen LogP contribution < -0.4 is 15.5 Å². The van der Waals surface area contributed by atoms with Gasteiger partial charge in [0.25, 0.3) is 0 Å². The molecule has 0 bridgehead atoms. The van der Waals surface area contributed by atoms with Gasteiger partial charge in [-0.25, -0.2) is 17.8 Å². The van der Waals surface area contributed by atoms with E-state index in [1.807, 2.05) is 66.3 Å². The van der Waals surface area contributed by atoms with Crippen molar-refractivity contribution in [3.05, 3.63) is 95.4 Å². The van der Waals surface area contributed by atoms with E-state index < -0.39 is 10.0 Å². The van der Waals surface area contributed by atoms with Gasteiger partial charge in [-0.3, -0.25) is 5.43 Å². The van der Waals surface area contributed by atoms with E-state index in [2.05, 4.69) is 25.7 Å². The van der Waals surface area contributed by atoms with Gasteiger partial charge in [0.1, 0.15) is 0 Å². The molecular formula is C26H24N8O2S2. The van der Waals surface area contributed by atoms with Crippen LogP contribution in [0.25, 0.3) is 16.9 Å². The van der Waals surface area contributed by atoms with Crippen molar-refractivity contribution in [2.45, 2.75) is 11.8 Å². The Labute approximate surface area is 224 Å². The van der Waals surface area contributed by atoms with Crippen LogP contribution in [0, 0.1) is 0 Å². The van der Waals surface area contributed by atoms with Crippen LogP contribution in [0.3, 0.4) is 0 Å². The van der Waals surface area contributed by atoms with Crippen molar-refractivity contribution in [2.75, 3.05) is 17.8 Å². The topological polar surface area (TPSA) is 126 Å². The van der Waals surface area contributed by atoms with Crippen molar-refractivity contribution >= 4 is 44.5 Å². The monoisotopic (exact) mass is 544 g/mol. The molecule has 5 rings (SSSR count). The van der Waals surface area contributed by atoms with Gasteiger partial charge in [-0.2, -0.15) is 31.5 Å². The number of hydrogen-bond acceptors (Lipinski definition) is 9. The number of para-hydroxylation sites is 1. The third-order valence-corrected chi connectivity index (χ3v) is 7.75. The Morgan fingerprint density at radius 1 is 1.00 bits per heavy atom. The lowest BCUT2D eigenvalue weighted by Gasteiger charge is -2.15. The highest BCUT2D eigenvalue weighted by Crippen LogP contribution is 2.34. The molecular weight excluding hydrogens is 520 g/mol. The minimum absolute atomic E-state index is 0.181. The molecule has 0 aliphatic carbocycles. The summed E-state index contributed by atoms with van der Waals surface area (Å²) >= 11 is 1.56. The van der Waals surface area contributed by atoms with Crippen molar-refractivity contribution in [2.24, 2.45) is 5.10 Å². The average Bonchev–Trinajstić information content (AvgIpc) is 3.67. The largest absolute Gasteiger partial charge is 0.324 e. The lowest BCUT2D eigenvalue weighted by atomic mass is 10.1. The van der Waals surface area contributed by atoms with Crippen LogP contribution in [0.5, 0.6) is 0 Å². The highest BCUT2D eigenvalue weighted by Gasteiger charge is 2.19. The molecule has 5 aromatic rings. The van der Waals surface area contributed by atoms with Crippen molar-refractivity contribution in [1.29, 1.82) is 0 Å². The van der Waals surface area contributed by atoms with E-state index in [-0.39, 0.29) is 4.90 Å². The molecule has 10 nitrogen and oxygen atoms in total. The predicted molar refractivity (Wildman–Crippen MR) is 151 cm³/mol. The molecule has 0 aliphatic rings. The molecule has 3 heterocycles. The number of anilines is 3. The van der Waals surface area contributed by atoms with E-state index in [1.165, 1.54) is 7.05 Å². The maximum atomic E-state index is 12.1. The first kappa shape index (κ1) is 25.3. The summed E-state index contributed by atoms with van der Waals surface area (Å²) in [5.74, 6) is 1.44. The van der Waals surface area contributed by atoms with E-state index in [4.69, 9.17) is 9.97 Å². The van der Waals surface area contributed by atoms with Gasteiger partial charge in [0, 0.05) is 18.1 Å². The van der Waals surface area contributed by atoms with Crippen LogP contribution >= 0.6 is 11.3 Å². The quantitative estimate of drug-likeness (QED) is 0.178. The minimum Gasteiger partial charge on any atom is -0.324 e. The molecule has 0 fully saturated rings. The van der Waals surface area contributed by atoms with Crippen molar-refractivity contribution in [3.63, 3.8) is 0 Å². The number of nitrogens with one attached hydrogen (secondary N) is 3. The van der Waals surface area contributed by atoms with Crippen LogP contribution in [-0.4, -0.2) is 40.9 Å². The molecule has 2 aromatic carbocycles. The fraction of sp³-hybridized carbons (Fsp3) is 0.0769. The number of benzene rings is 2. The van der Waals surface area contributed by atoms with Gasteiger partial charge in [0.2, 0.25) is 16.0 Å². The molecule has 0 aliphatic heterocycles.